The number of aromatic nitrogens is 1. The monoisotopic (exact) mass is 295 g/mol. The molecule has 20 heavy (non-hydrogen) atoms. The summed E-state index contributed by atoms with van der Waals surface area (Å²) in [6.07, 6.45) is 5.01. The number of amides is 2. The molecule has 0 fully saturated rings. The average Bonchev–Trinajstić information content (AvgIpc) is 2.67. The van der Waals surface area contributed by atoms with Gasteiger partial charge in [0.05, 0.1) is 16.7 Å². The summed E-state index contributed by atoms with van der Waals surface area (Å²) in [6, 6.07) is -1.90. The smallest absolute Gasteiger partial charge is 0.327 e. The van der Waals surface area contributed by atoms with Crippen LogP contribution in [0.15, 0.2) is 0 Å². The summed E-state index contributed by atoms with van der Waals surface area (Å²) in [5.41, 5.74) is 0.860. The molecule has 0 saturated carbocycles. The fraction of sp³-hybridized carbons (Fsp3) is 0.462. The second-order valence-electron chi connectivity index (χ2n) is 4.32. The molecule has 0 aromatic carbocycles. The van der Waals surface area contributed by atoms with Crippen molar-refractivity contribution in [3.8, 4) is 12.3 Å². The first-order valence-electron chi connectivity index (χ1n) is 6.02. The normalized spacial score (nSPS) is 13.1. The average molecular weight is 295 g/mol. The van der Waals surface area contributed by atoms with Gasteiger partial charge in [0.25, 0.3) is 0 Å². The van der Waals surface area contributed by atoms with Crippen LogP contribution in [0.5, 0.6) is 0 Å². The number of hydrogen-bond donors (Lipinski definition) is 3. The van der Waals surface area contributed by atoms with Crippen LogP contribution in [-0.4, -0.2) is 28.1 Å². The standard InChI is InChI=1S/C13H17N3O3S/c1-5-6-10(12(17)18)16-13(19)15-8(3)11-7(2)14-9(4)20-11/h1,8,10H,6H2,2-4H3,(H,17,18)(H2,15,16,19). The number of carboxylic acids is 1. The van der Waals surface area contributed by atoms with Gasteiger partial charge >= 0.3 is 12.0 Å². The first-order chi connectivity index (χ1) is 9.35. The van der Waals surface area contributed by atoms with Gasteiger partial charge in [0.1, 0.15) is 6.04 Å². The van der Waals surface area contributed by atoms with Crippen molar-refractivity contribution < 1.29 is 14.7 Å². The predicted octanol–water partition coefficient (Wildman–Crippen LogP) is 1.60. The Labute approximate surface area is 121 Å². The van der Waals surface area contributed by atoms with Crippen molar-refractivity contribution in [2.75, 3.05) is 0 Å². The number of carbonyl (C=O) groups excluding carboxylic acids is 1. The van der Waals surface area contributed by atoms with Crippen LogP contribution in [0, 0.1) is 26.2 Å². The number of carbonyl (C=O) groups is 2. The maximum Gasteiger partial charge on any atom is 0.327 e. The van der Waals surface area contributed by atoms with Crippen molar-refractivity contribution in [3.05, 3.63) is 15.6 Å². The SMILES string of the molecule is C#CCC(NC(=O)NC(C)c1sc(C)nc1C)C(=O)O. The third kappa shape index (κ3) is 4.24. The fourth-order valence-corrected chi connectivity index (χ4v) is 2.66. The van der Waals surface area contributed by atoms with Crippen LogP contribution in [0.4, 0.5) is 4.79 Å². The molecule has 0 spiro atoms. The molecule has 3 N–H and O–H groups in total. The second kappa shape index (κ2) is 6.91. The summed E-state index contributed by atoms with van der Waals surface area (Å²) < 4.78 is 0. The Kier molecular flexibility index (Phi) is 5.53. The predicted molar refractivity (Wildman–Crippen MR) is 76.5 cm³/mol. The zero-order chi connectivity index (χ0) is 15.3. The van der Waals surface area contributed by atoms with Crippen molar-refractivity contribution in [2.45, 2.75) is 39.3 Å². The van der Waals surface area contributed by atoms with Crippen LogP contribution in [0.2, 0.25) is 0 Å². The molecule has 2 atom stereocenters. The lowest BCUT2D eigenvalue weighted by atomic mass is 10.2. The van der Waals surface area contributed by atoms with Gasteiger partial charge in [-0.05, 0) is 20.8 Å². The minimum atomic E-state index is -1.16. The molecule has 0 aliphatic carbocycles. The molecule has 108 valence electrons. The van der Waals surface area contributed by atoms with E-state index in [4.69, 9.17) is 11.5 Å². The number of hydrogen-bond acceptors (Lipinski definition) is 4. The van der Waals surface area contributed by atoms with E-state index in [0.29, 0.717) is 0 Å². The van der Waals surface area contributed by atoms with Gasteiger partial charge in [-0.15, -0.1) is 23.7 Å². The molecule has 0 aliphatic rings. The van der Waals surface area contributed by atoms with Crippen LogP contribution in [0.1, 0.15) is 35.0 Å². The third-order valence-electron chi connectivity index (χ3n) is 2.61. The molecular weight excluding hydrogens is 278 g/mol. The largest absolute Gasteiger partial charge is 0.480 e. The molecule has 1 heterocycles. The van der Waals surface area contributed by atoms with E-state index in [9.17, 15) is 9.59 Å². The summed E-state index contributed by atoms with van der Waals surface area (Å²) in [6.45, 7) is 5.57. The highest BCUT2D eigenvalue weighted by Crippen LogP contribution is 2.24. The molecule has 0 aliphatic heterocycles. The van der Waals surface area contributed by atoms with E-state index in [1.807, 2.05) is 20.8 Å². The van der Waals surface area contributed by atoms with Gasteiger partial charge in [0, 0.05) is 11.3 Å². The minimum Gasteiger partial charge on any atom is -0.480 e. The van der Waals surface area contributed by atoms with E-state index in [2.05, 4.69) is 21.5 Å². The molecule has 2 amide bonds. The van der Waals surface area contributed by atoms with Crippen LogP contribution < -0.4 is 10.6 Å². The number of aryl methyl sites for hydroxylation is 2. The lowest BCUT2D eigenvalue weighted by Crippen LogP contribution is -2.46. The van der Waals surface area contributed by atoms with Crippen LogP contribution in [-0.2, 0) is 4.79 Å². The minimum absolute atomic E-state index is 0.0597. The van der Waals surface area contributed by atoms with Crippen LogP contribution >= 0.6 is 11.3 Å². The molecule has 0 saturated heterocycles. The van der Waals surface area contributed by atoms with Crippen molar-refractivity contribution in [1.29, 1.82) is 0 Å². The van der Waals surface area contributed by atoms with Crippen molar-refractivity contribution in [1.82, 2.24) is 15.6 Å². The van der Waals surface area contributed by atoms with Crippen LogP contribution in [0.3, 0.4) is 0 Å². The number of nitrogens with zero attached hydrogens (tertiary/aromatic N) is 1. The maximum atomic E-state index is 11.8. The van der Waals surface area contributed by atoms with Gasteiger partial charge in [-0.3, -0.25) is 0 Å². The molecule has 1 aromatic heterocycles. The Morgan fingerprint density at radius 3 is 2.55 bits per heavy atom. The van der Waals surface area contributed by atoms with E-state index in [0.717, 1.165) is 15.6 Å². The first-order valence-corrected chi connectivity index (χ1v) is 6.84. The Morgan fingerprint density at radius 1 is 1.45 bits per heavy atom. The van der Waals surface area contributed by atoms with Gasteiger partial charge in [0.2, 0.25) is 0 Å². The van der Waals surface area contributed by atoms with Crippen molar-refractivity contribution in [2.24, 2.45) is 0 Å². The topological polar surface area (TPSA) is 91.3 Å². The number of terminal acetylenes is 1. The highest BCUT2D eigenvalue weighted by molar-refractivity contribution is 7.11. The number of thiazole rings is 1. The maximum absolute atomic E-state index is 11.8. The summed E-state index contributed by atoms with van der Waals surface area (Å²) >= 11 is 1.50. The highest BCUT2D eigenvalue weighted by Gasteiger charge is 2.21. The molecule has 6 nitrogen and oxygen atoms in total. The van der Waals surface area contributed by atoms with Gasteiger partial charge < -0.3 is 15.7 Å². The second-order valence-corrected chi connectivity index (χ2v) is 5.56. The number of aliphatic carboxylic acids is 1. The van der Waals surface area contributed by atoms with Gasteiger partial charge in [-0.1, -0.05) is 0 Å². The summed E-state index contributed by atoms with van der Waals surface area (Å²) in [5, 5.41) is 14.8. The Balaban J connectivity index is 2.64. The summed E-state index contributed by atoms with van der Waals surface area (Å²) in [4.78, 5) is 27.9. The van der Waals surface area contributed by atoms with E-state index in [1.165, 1.54) is 11.3 Å². The van der Waals surface area contributed by atoms with Gasteiger partial charge in [-0.25, -0.2) is 14.6 Å². The summed E-state index contributed by atoms with van der Waals surface area (Å²) in [5.74, 6) is 1.06. The lowest BCUT2D eigenvalue weighted by Gasteiger charge is -2.16. The van der Waals surface area contributed by atoms with E-state index in [-0.39, 0.29) is 12.5 Å². The number of carboxylic acid groups (broad SMARTS) is 1. The van der Waals surface area contributed by atoms with E-state index < -0.39 is 18.0 Å². The first kappa shape index (κ1) is 16.0. The molecule has 7 heteroatoms. The highest BCUT2D eigenvalue weighted by atomic mass is 32.1. The number of urea groups is 1. The number of nitrogens with one attached hydrogen (secondary N) is 2. The van der Waals surface area contributed by atoms with Crippen molar-refractivity contribution >= 4 is 23.3 Å². The van der Waals surface area contributed by atoms with Crippen molar-refractivity contribution in [3.63, 3.8) is 0 Å². The Morgan fingerprint density at radius 2 is 2.10 bits per heavy atom. The molecular formula is C13H17N3O3S. The molecule has 0 bridgehead atoms. The summed E-state index contributed by atoms with van der Waals surface area (Å²) in [7, 11) is 0. The third-order valence-corrected chi connectivity index (χ3v) is 3.86. The molecule has 2 unspecified atom stereocenters. The van der Waals surface area contributed by atoms with Gasteiger partial charge in [0.15, 0.2) is 0 Å². The number of rotatable bonds is 5. The molecule has 0 radical (unpaired) electrons. The molecule has 1 aromatic rings. The Bertz CT molecular complexity index is 548. The van der Waals surface area contributed by atoms with Gasteiger partial charge in [-0.2, -0.15) is 0 Å². The quantitative estimate of drug-likeness (QED) is 0.719. The van der Waals surface area contributed by atoms with E-state index in [1.54, 1.807) is 0 Å². The fourth-order valence-electron chi connectivity index (χ4n) is 1.73. The van der Waals surface area contributed by atoms with E-state index >= 15 is 0 Å². The zero-order valence-electron chi connectivity index (χ0n) is 11.6. The van der Waals surface area contributed by atoms with Crippen LogP contribution in [0.25, 0.3) is 0 Å². The lowest BCUT2D eigenvalue weighted by molar-refractivity contribution is -0.139. The Hall–Kier alpha value is -2.07. The zero-order valence-corrected chi connectivity index (χ0v) is 12.4. The molecule has 1 rings (SSSR count).